The summed E-state index contributed by atoms with van der Waals surface area (Å²) in [5, 5.41) is 2.77. The lowest BCUT2D eigenvalue weighted by molar-refractivity contribution is -0.127. The van der Waals surface area contributed by atoms with Gasteiger partial charge in [0.15, 0.2) is 0 Å². The molecule has 22 heavy (non-hydrogen) atoms. The van der Waals surface area contributed by atoms with Crippen molar-refractivity contribution >= 4 is 11.8 Å². The molecule has 0 spiro atoms. The number of hydrogen-bond donors (Lipinski definition) is 1. The first-order valence-electron chi connectivity index (χ1n) is 7.41. The number of nitrogens with zero attached hydrogens (tertiary/aromatic N) is 1. The molecule has 1 N–H and O–H groups in total. The molecule has 4 heteroatoms. The van der Waals surface area contributed by atoms with Crippen molar-refractivity contribution in [2.75, 3.05) is 13.1 Å². The minimum atomic E-state index is -0.421. The van der Waals surface area contributed by atoms with E-state index in [1.807, 2.05) is 54.6 Å². The third kappa shape index (κ3) is 2.72. The largest absolute Gasteiger partial charge is 0.353 e. The molecule has 1 fully saturated rings. The maximum absolute atomic E-state index is 12.5. The molecule has 112 valence electrons. The highest BCUT2D eigenvalue weighted by atomic mass is 16.2. The predicted molar refractivity (Wildman–Crippen MR) is 85.4 cm³/mol. The molecular formula is C18H18N2O2. The summed E-state index contributed by atoms with van der Waals surface area (Å²) in [6.07, 6.45) is 0. The summed E-state index contributed by atoms with van der Waals surface area (Å²) < 4.78 is 0. The monoisotopic (exact) mass is 294 g/mol. The van der Waals surface area contributed by atoms with Gasteiger partial charge in [-0.05, 0) is 30.2 Å². The molecule has 0 unspecified atom stereocenters. The fourth-order valence-electron chi connectivity index (χ4n) is 2.66. The first-order chi connectivity index (χ1) is 10.7. The minimum absolute atomic E-state index is 0.0954. The van der Waals surface area contributed by atoms with Gasteiger partial charge in [0.25, 0.3) is 5.91 Å². The zero-order chi connectivity index (χ0) is 15.5. The molecule has 2 aromatic carbocycles. The van der Waals surface area contributed by atoms with E-state index < -0.39 is 6.04 Å². The lowest BCUT2D eigenvalue weighted by atomic mass is 10.0. The molecular weight excluding hydrogens is 276 g/mol. The molecule has 1 aliphatic rings. The van der Waals surface area contributed by atoms with Crippen molar-refractivity contribution in [2.45, 2.75) is 13.0 Å². The normalized spacial score (nSPS) is 18.0. The van der Waals surface area contributed by atoms with E-state index in [0.29, 0.717) is 18.7 Å². The fraction of sp³-hybridized carbons (Fsp3) is 0.222. The van der Waals surface area contributed by atoms with Crippen molar-refractivity contribution in [2.24, 2.45) is 0 Å². The Morgan fingerprint density at radius 1 is 1.05 bits per heavy atom. The number of amides is 2. The second kappa shape index (κ2) is 6.02. The van der Waals surface area contributed by atoms with Crippen LogP contribution in [0.15, 0.2) is 54.6 Å². The van der Waals surface area contributed by atoms with Crippen LogP contribution in [0.3, 0.4) is 0 Å². The Morgan fingerprint density at radius 2 is 1.68 bits per heavy atom. The predicted octanol–water partition coefficient (Wildman–Crippen LogP) is 2.31. The van der Waals surface area contributed by atoms with Crippen LogP contribution < -0.4 is 5.32 Å². The van der Waals surface area contributed by atoms with Crippen molar-refractivity contribution in [3.8, 4) is 11.1 Å². The summed E-state index contributed by atoms with van der Waals surface area (Å²) in [6.45, 7) is 2.81. The van der Waals surface area contributed by atoms with E-state index in [9.17, 15) is 9.59 Å². The average Bonchev–Trinajstić information content (AvgIpc) is 2.58. The highest BCUT2D eigenvalue weighted by Gasteiger charge is 2.29. The Hall–Kier alpha value is -2.62. The van der Waals surface area contributed by atoms with E-state index in [2.05, 4.69) is 5.32 Å². The van der Waals surface area contributed by atoms with E-state index >= 15 is 0 Å². The van der Waals surface area contributed by atoms with Crippen LogP contribution in [0.2, 0.25) is 0 Å². The third-order valence-corrected chi connectivity index (χ3v) is 4.00. The van der Waals surface area contributed by atoms with Crippen LogP contribution in [0.1, 0.15) is 17.3 Å². The summed E-state index contributed by atoms with van der Waals surface area (Å²) in [7, 11) is 0. The number of carbonyl (C=O) groups excluding carboxylic acids is 2. The Morgan fingerprint density at radius 3 is 2.36 bits per heavy atom. The molecule has 0 aliphatic carbocycles. The van der Waals surface area contributed by atoms with Crippen LogP contribution in [-0.2, 0) is 4.79 Å². The quantitative estimate of drug-likeness (QED) is 0.924. The molecule has 4 nitrogen and oxygen atoms in total. The summed E-state index contributed by atoms with van der Waals surface area (Å²) in [5.74, 6) is -0.192. The smallest absolute Gasteiger partial charge is 0.254 e. The lowest BCUT2D eigenvalue weighted by Gasteiger charge is -2.32. The second-order valence-corrected chi connectivity index (χ2v) is 5.41. The van der Waals surface area contributed by atoms with Gasteiger partial charge in [0, 0.05) is 18.7 Å². The molecule has 1 heterocycles. The SMILES string of the molecule is C[C@H]1C(=O)NCCN1C(=O)c1ccc(-c2ccccc2)cc1. The van der Waals surface area contributed by atoms with E-state index in [1.54, 1.807) is 11.8 Å². The van der Waals surface area contributed by atoms with Gasteiger partial charge < -0.3 is 10.2 Å². The Balaban J connectivity index is 1.81. The molecule has 2 amide bonds. The van der Waals surface area contributed by atoms with Crippen LogP contribution in [-0.4, -0.2) is 35.8 Å². The summed E-state index contributed by atoms with van der Waals surface area (Å²) in [6, 6.07) is 17.1. The van der Waals surface area contributed by atoms with Crippen LogP contribution in [0.5, 0.6) is 0 Å². The Labute approximate surface area is 129 Å². The van der Waals surface area contributed by atoms with Gasteiger partial charge in [-0.25, -0.2) is 0 Å². The zero-order valence-corrected chi connectivity index (χ0v) is 12.5. The van der Waals surface area contributed by atoms with Gasteiger partial charge in [-0.1, -0.05) is 42.5 Å². The summed E-state index contributed by atoms with van der Waals surface area (Å²) >= 11 is 0. The highest BCUT2D eigenvalue weighted by Crippen LogP contribution is 2.20. The van der Waals surface area contributed by atoms with E-state index in [0.717, 1.165) is 11.1 Å². The Kier molecular flexibility index (Phi) is 3.92. The number of piperazine rings is 1. The highest BCUT2D eigenvalue weighted by molar-refractivity contribution is 5.98. The van der Waals surface area contributed by atoms with Gasteiger partial charge in [-0.3, -0.25) is 9.59 Å². The average molecular weight is 294 g/mol. The molecule has 1 aliphatic heterocycles. The first kappa shape index (κ1) is 14.3. The van der Waals surface area contributed by atoms with Crippen LogP contribution >= 0.6 is 0 Å². The summed E-state index contributed by atoms with van der Waals surface area (Å²) in [5.41, 5.74) is 2.80. The van der Waals surface area contributed by atoms with Crippen molar-refractivity contribution in [3.63, 3.8) is 0 Å². The molecule has 0 aromatic heterocycles. The van der Waals surface area contributed by atoms with E-state index in [4.69, 9.17) is 0 Å². The zero-order valence-electron chi connectivity index (χ0n) is 12.5. The molecule has 1 saturated heterocycles. The van der Waals surface area contributed by atoms with Gasteiger partial charge in [0.1, 0.15) is 6.04 Å². The van der Waals surface area contributed by atoms with Crippen molar-refractivity contribution < 1.29 is 9.59 Å². The topological polar surface area (TPSA) is 49.4 Å². The van der Waals surface area contributed by atoms with Crippen LogP contribution in [0, 0.1) is 0 Å². The van der Waals surface area contributed by atoms with Gasteiger partial charge in [0.2, 0.25) is 5.91 Å². The standard InChI is InChI=1S/C18H18N2O2/c1-13-17(21)19-11-12-20(13)18(22)16-9-7-15(8-10-16)14-5-3-2-4-6-14/h2-10,13H,11-12H2,1H3,(H,19,21)/t13-/m0/s1. The number of benzene rings is 2. The maximum atomic E-state index is 12.5. The minimum Gasteiger partial charge on any atom is -0.353 e. The number of carbonyl (C=O) groups is 2. The second-order valence-electron chi connectivity index (χ2n) is 5.41. The van der Waals surface area contributed by atoms with Gasteiger partial charge in [-0.2, -0.15) is 0 Å². The molecule has 2 aromatic rings. The van der Waals surface area contributed by atoms with Crippen LogP contribution in [0.25, 0.3) is 11.1 Å². The molecule has 0 radical (unpaired) electrons. The third-order valence-electron chi connectivity index (χ3n) is 4.00. The van der Waals surface area contributed by atoms with Crippen molar-refractivity contribution in [1.82, 2.24) is 10.2 Å². The number of rotatable bonds is 2. The molecule has 0 saturated carbocycles. The van der Waals surface area contributed by atoms with Gasteiger partial charge in [0.05, 0.1) is 0 Å². The van der Waals surface area contributed by atoms with Gasteiger partial charge >= 0.3 is 0 Å². The van der Waals surface area contributed by atoms with E-state index in [1.165, 1.54) is 0 Å². The number of hydrogen-bond acceptors (Lipinski definition) is 2. The number of nitrogens with one attached hydrogen (secondary N) is 1. The van der Waals surface area contributed by atoms with E-state index in [-0.39, 0.29) is 11.8 Å². The lowest BCUT2D eigenvalue weighted by Crippen LogP contribution is -2.55. The molecule has 0 bridgehead atoms. The van der Waals surface area contributed by atoms with Gasteiger partial charge in [-0.15, -0.1) is 0 Å². The van der Waals surface area contributed by atoms with Crippen molar-refractivity contribution in [1.29, 1.82) is 0 Å². The first-order valence-corrected chi connectivity index (χ1v) is 7.41. The molecule has 3 rings (SSSR count). The Bertz CT molecular complexity index is 680. The van der Waals surface area contributed by atoms with Crippen LogP contribution in [0.4, 0.5) is 0 Å². The summed E-state index contributed by atoms with van der Waals surface area (Å²) in [4.78, 5) is 25.8. The maximum Gasteiger partial charge on any atom is 0.254 e. The molecule has 1 atom stereocenters. The van der Waals surface area contributed by atoms with Crippen molar-refractivity contribution in [3.05, 3.63) is 60.2 Å². The fourth-order valence-corrected chi connectivity index (χ4v) is 2.66.